The van der Waals surface area contributed by atoms with Crippen LogP contribution < -0.4 is 4.74 Å². The summed E-state index contributed by atoms with van der Waals surface area (Å²) < 4.78 is 32.2. The lowest BCUT2D eigenvalue weighted by atomic mass is 10.1. The number of hydrogen-bond donors (Lipinski definition) is 1. The third kappa shape index (κ3) is 3.46. The summed E-state index contributed by atoms with van der Waals surface area (Å²) in [6.45, 7) is 1.57. The van der Waals surface area contributed by atoms with Gasteiger partial charge in [0.05, 0.1) is 11.1 Å². The van der Waals surface area contributed by atoms with Gasteiger partial charge in [-0.05, 0) is 42.3 Å². The number of ether oxygens (including phenoxy) is 1. The van der Waals surface area contributed by atoms with Gasteiger partial charge in [0.15, 0.2) is 11.6 Å². The van der Waals surface area contributed by atoms with Crippen molar-refractivity contribution in [3.8, 4) is 5.75 Å². The van der Waals surface area contributed by atoms with E-state index in [-0.39, 0.29) is 17.4 Å². The van der Waals surface area contributed by atoms with Gasteiger partial charge in [-0.3, -0.25) is 0 Å². The van der Waals surface area contributed by atoms with Gasteiger partial charge in [-0.25, -0.2) is 8.78 Å². The standard InChI is InChI=1S/C15H13ClF2O2/c1-9(19)11-3-5-15(14(18)7-11)20-8-10-2-4-12(16)13(17)6-10/h2-7,9,19H,8H2,1H3/t9-/m0/s1. The molecule has 2 aromatic carbocycles. The Kier molecular flexibility index (Phi) is 4.57. The minimum Gasteiger partial charge on any atom is -0.486 e. The normalized spacial score (nSPS) is 12.2. The number of rotatable bonds is 4. The summed E-state index contributed by atoms with van der Waals surface area (Å²) in [5, 5.41) is 9.37. The number of aliphatic hydroxyl groups is 1. The molecule has 0 heterocycles. The molecule has 20 heavy (non-hydrogen) atoms. The van der Waals surface area contributed by atoms with Crippen molar-refractivity contribution in [1.29, 1.82) is 0 Å². The van der Waals surface area contributed by atoms with Gasteiger partial charge in [0.25, 0.3) is 0 Å². The molecule has 0 bridgehead atoms. The second kappa shape index (κ2) is 6.20. The molecule has 0 fully saturated rings. The molecule has 5 heteroatoms. The fourth-order valence-corrected chi connectivity index (χ4v) is 1.80. The first kappa shape index (κ1) is 14.8. The summed E-state index contributed by atoms with van der Waals surface area (Å²) in [5.41, 5.74) is 1.01. The molecule has 2 nitrogen and oxygen atoms in total. The van der Waals surface area contributed by atoms with Gasteiger partial charge in [0.2, 0.25) is 0 Å². The third-order valence-corrected chi connectivity index (χ3v) is 3.12. The molecule has 0 aliphatic carbocycles. The van der Waals surface area contributed by atoms with Crippen molar-refractivity contribution in [1.82, 2.24) is 0 Å². The van der Waals surface area contributed by atoms with E-state index in [1.54, 1.807) is 19.1 Å². The molecule has 0 unspecified atom stereocenters. The van der Waals surface area contributed by atoms with E-state index in [2.05, 4.69) is 0 Å². The number of benzene rings is 2. The molecule has 1 N–H and O–H groups in total. The molecule has 0 saturated heterocycles. The van der Waals surface area contributed by atoms with Crippen molar-refractivity contribution < 1.29 is 18.6 Å². The highest BCUT2D eigenvalue weighted by atomic mass is 35.5. The van der Waals surface area contributed by atoms with Crippen LogP contribution in [0.2, 0.25) is 5.02 Å². The molecule has 2 aromatic rings. The van der Waals surface area contributed by atoms with Crippen molar-refractivity contribution in [2.45, 2.75) is 19.6 Å². The van der Waals surface area contributed by atoms with Crippen LogP contribution in [-0.2, 0) is 6.61 Å². The van der Waals surface area contributed by atoms with Crippen LogP contribution in [0.5, 0.6) is 5.75 Å². The van der Waals surface area contributed by atoms with E-state index in [4.69, 9.17) is 16.3 Å². The maximum atomic E-state index is 13.7. The highest BCUT2D eigenvalue weighted by molar-refractivity contribution is 6.30. The van der Waals surface area contributed by atoms with E-state index in [1.165, 1.54) is 24.3 Å². The highest BCUT2D eigenvalue weighted by Gasteiger charge is 2.09. The summed E-state index contributed by atoms with van der Waals surface area (Å²) in [4.78, 5) is 0. The zero-order valence-corrected chi connectivity index (χ0v) is 11.5. The van der Waals surface area contributed by atoms with E-state index in [0.717, 1.165) is 0 Å². The maximum Gasteiger partial charge on any atom is 0.165 e. The first-order chi connectivity index (χ1) is 9.47. The number of halogens is 3. The molecular formula is C15H13ClF2O2. The molecule has 0 spiro atoms. The highest BCUT2D eigenvalue weighted by Crippen LogP contribution is 2.23. The Balaban J connectivity index is 2.09. The monoisotopic (exact) mass is 298 g/mol. The molecule has 0 amide bonds. The van der Waals surface area contributed by atoms with Crippen LogP contribution in [0.4, 0.5) is 8.78 Å². The zero-order valence-electron chi connectivity index (χ0n) is 10.7. The van der Waals surface area contributed by atoms with E-state index in [1.807, 2.05) is 0 Å². The van der Waals surface area contributed by atoms with Crippen molar-refractivity contribution in [2.75, 3.05) is 0 Å². The van der Waals surface area contributed by atoms with Crippen LogP contribution in [0, 0.1) is 11.6 Å². The van der Waals surface area contributed by atoms with Crippen LogP contribution in [0.1, 0.15) is 24.2 Å². The Labute approximate surface area is 120 Å². The molecule has 1 atom stereocenters. The largest absolute Gasteiger partial charge is 0.486 e. The number of aliphatic hydroxyl groups excluding tert-OH is 1. The minimum atomic E-state index is -0.746. The van der Waals surface area contributed by atoms with E-state index < -0.39 is 17.7 Å². The minimum absolute atomic E-state index is 0.0268. The SMILES string of the molecule is C[C@H](O)c1ccc(OCc2ccc(Cl)c(F)c2)c(F)c1. The summed E-state index contributed by atoms with van der Waals surface area (Å²) in [7, 11) is 0. The first-order valence-electron chi connectivity index (χ1n) is 6.01. The van der Waals surface area contributed by atoms with Crippen LogP contribution in [0.3, 0.4) is 0 Å². The van der Waals surface area contributed by atoms with Crippen LogP contribution in [-0.4, -0.2) is 5.11 Å². The fraction of sp³-hybridized carbons (Fsp3) is 0.200. The average Bonchev–Trinajstić information content (AvgIpc) is 2.41. The smallest absolute Gasteiger partial charge is 0.165 e. The molecule has 2 rings (SSSR count). The van der Waals surface area contributed by atoms with Gasteiger partial charge in [0.1, 0.15) is 12.4 Å². The third-order valence-electron chi connectivity index (χ3n) is 2.82. The summed E-state index contributed by atoms with van der Waals surface area (Å²) in [6, 6.07) is 8.48. The van der Waals surface area contributed by atoms with Gasteiger partial charge in [-0.2, -0.15) is 0 Å². The Morgan fingerprint density at radius 3 is 2.50 bits per heavy atom. The second-order valence-corrected chi connectivity index (χ2v) is 4.81. The predicted molar refractivity (Wildman–Crippen MR) is 72.8 cm³/mol. The molecule has 0 aliphatic heterocycles. The van der Waals surface area contributed by atoms with E-state index >= 15 is 0 Å². The molecule has 0 aromatic heterocycles. The predicted octanol–water partition coefficient (Wildman–Crippen LogP) is 4.25. The second-order valence-electron chi connectivity index (χ2n) is 4.40. The fourth-order valence-electron chi connectivity index (χ4n) is 1.68. The Bertz CT molecular complexity index is 615. The number of hydrogen-bond acceptors (Lipinski definition) is 2. The van der Waals surface area contributed by atoms with Gasteiger partial charge in [-0.15, -0.1) is 0 Å². The van der Waals surface area contributed by atoms with Crippen molar-refractivity contribution in [3.63, 3.8) is 0 Å². The lowest BCUT2D eigenvalue weighted by Crippen LogP contribution is -1.99. The van der Waals surface area contributed by atoms with Crippen LogP contribution in [0.25, 0.3) is 0 Å². The first-order valence-corrected chi connectivity index (χ1v) is 6.39. The van der Waals surface area contributed by atoms with E-state index in [0.29, 0.717) is 11.1 Å². The van der Waals surface area contributed by atoms with Crippen LogP contribution >= 0.6 is 11.6 Å². The summed E-state index contributed by atoms with van der Waals surface area (Å²) >= 11 is 5.57. The Morgan fingerprint density at radius 1 is 1.15 bits per heavy atom. The summed E-state index contributed by atoms with van der Waals surface area (Å²) in [6.07, 6.45) is -0.746. The maximum absolute atomic E-state index is 13.7. The van der Waals surface area contributed by atoms with Crippen molar-refractivity contribution in [2.24, 2.45) is 0 Å². The van der Waals surface area contributed by atoms with E-state index in [9.17, 15) is 13.9 Å². The van der Waals surface area contributed by atoms with Gasteiger partial charge in [0, 0.05) is 0 Å². The lowest BCUT2D eigenvalue weighted by Gasteiger charge is -2.10. The van der Waals surface area contributed by atoms with Gasteiger partial charge in [-0.1, -0.05) is 23.7 Å². The average molecular weight is 299 g/mol. The molecule has 0 aliphatic rings. The van der Waals surface area contributed by atoms with Crippen molar-refractivity contribution >= 4 is 11.6 Å². The lowest BCUT2D eigenvalue weighted by molar-refractivity contribution is 0.198. The summed E-state index contributed by atoms with van der Waals surface area (Å²) in [5.74, 6) is -1.07. The quantitative estimate of drug-likeness (QED) is 0.914. The molecular weight excluding hydrogens is 286 g/mol. The zero-order chi connectivity index (χ0) is 14.7. The van der Waals surface area contributed by atoms with Crippen molar-refractivity contribution in [3.05, 3.63) is 64.2 Å². The topological polar surface area (TPSA) is 29.5 Å². The molecule has 0 saturated carbocycles. The molecule has 106 valence electrons. The van der Waals surface area contributed by atoms with Gasteiger partial charge >= 0.3 is 0 Å². The van der Waals surface area contributed by atoms with Gasteiger partial charge < -0.3 is 9.84 Å². The Morgan fingerprint density at radius 2 is 1.90 bits per heavy atom. The molecule has 0 radical (unpaired) electrons. The Hall–Kier alpha value is -1.65. The van der Waals surface area contributed by atoms with Crippen LogP contribution in [0.15, 0.2) is 36.4 Å².